The fourth-order valence-corrected chi connectivity index (χ4v) is 0.449. The van der Waals surface area contributed by atoms with Gasteiger partial charge in [-0.2, -0.15) is 0 Å². The standard InChI is InChI=1S/C5H9O2/c6-3-4-7-5-1-2-5/h5H,1-4H2. The van der Waals surface area contributed by atoms with Gasteiger partial charge in [0.25, 0.3) is 0 Å². The lowest BCUT2D eigenvalue weighted by Crippen LogP contribution is -1.98. The molecule has 0 aromatic rings. The minimum atomic E-state index is -0.0868. The largest absolute Gasteiger partial charge is 0.376 e. The maximum absolute atomic E-state index is 9.74. The molecule has 1 aliphatic rings. The molecule has 0 unspecified atom stereocenters. The lowest BCUT2D eigenvalue weighted by Gasteiger charge is -1.92. The van der Waals surface area contributed by atoms with E-state index in [1.54, 1.807) is 0 Å². The summed E-state index contributed by atoms with van der Waals surface area (Å²) in [5, 5.41) is 9.74. The van der Waals surface area contributed by atoms with Gasteiger partial charge in [0, 0.05) is 0 Å². The van der Waals surface area contributed by atoms with Crippen LogP contribution in [0.2, 0.25) is 0 Å². The molecule has 0 bridgehead atoms. The molecule has 1 saturated carbocycles. The van der Waals surface area contributed by atoms with Crippen LogP contribution in [0, 0.1) is 0 Å². The fourth-order valence-electron chi connectivity index (χ4n) is 0.449. The molecule has 7 heavy (non-hydrogen) atoms. The van der Waals surface area contributed by atoms with Crippen molar-refractivity contribution in [1.82, 2.24) is 0 Å². The van der Waals surface area contributed by atoms with Crippen LogP contribution >= 0.6 is 0 Å². The second kappa shape index (κ2) is 2.28. The van der Waals surface area contributed by atoms with Crippen LogP contribution in [0.4, 0.5) is 0 Å². The average molecular weight is 101 g/mol. The molecule has 0 atom stereocenters. The van der Waals surface area contributed by atoms with Crippen LogP contribution in [0.1, 0.15) is 12.8 Å². The van der Waals surface area contributed by atoms with Crippen molar-refractivity contribution in [2.24, 2.45) is 0 Å². The van der Waals surface area contributed by atoms with E-state index in [4.69, 9.17) is 4.74 Å². The van der Waals surface area contributed by atoms with Gasteiger partial charge in [0.2, 0.25) is 0 Å². The van der Waals surface area contributed by atoms with Crippen molar-refractivity contribution in [2.75, 3.05) is 13.2 Å². The zero-order valence-corrected chi connectivity index (χ0v) is 4.22. The first-order valence-electron chi connectivity index (χ1n) is 2.63. The number of ether oxygens (including phenoxy) is 1. The normalized spacial score (nSPS) is 20.1. The maximum Gasteiger partial charge on any atom is 0.106 e. The van der Waals surface area contributed by atoms with E-state index >= 15 is 0 Å². The van der Waals surface area contributed by atoms with E-state index in [1.165, 1.54) is 12.8 Å². The Morgan fingerprint density at radius 1 is 1.57 bits per heavy atom. The predicted molar refractivity (Wildman–Crippen MR) is 24.5 cm³/mol. The summed E-state index contributed by atoms with van der Waals surface area (Å²) in [6, 6.07) is 0. The summed E-state index contributed by atoms with van der Waals surface area (Å²) >= 11 is 0. The minimum absolute atomic E-state index is 0.0868. The smallest absolute Gasteiger partial charge is 0.106 e. The van der Waals surface area contributed by atoms with E-state index < -0.39 is 0 Å². The first kappa shape index (κ1) is 5.06. The van der Waals surface area contributed by atoms with Gasteiger partial charge in [-0.05, 0) is 12.8 Å². The Balaban J connectivity index is 1.80. The molecule has 1 aliphatic carbocycles. The van der Waals surface area contributed by atoms with Gasteiger partial charge in [0.1, 0.15) is 6.61 Å². The summed E-state index contributed by atoms with van der Waals surface area (Å²) < 4.78 is 4.99. The average Bonchev–Trinajstić information content (AvgIpc) is 2.42. The summed E-state index contributed by atoms with van der Waals surface area (Å²) in [4.78, 5) is 0. The summed E-state index contributed by atoms with van der Waals surface area (Å²) in [5.41, 5.74) is 0. The Morgan fingerprint density at radius 3 is 2.71 bits per heavy atom. The van der Waals surface area contributed by atoms with Gasteiger partial charge in [-0.3, -0.25) is 0 Å². The SMILES string of the molecule is [O]CCOC1CC1. The molecule has 0 aromatic heterocycles. The van der Waals surface area contributed by atoms with Gasteiger partial charge in [-0.25, -0.2) is 5.11 Å². The van der Waals surface area contributed by atoms with Crippen LogP contribution in [0.3, 0.4) is 0 Å². The van der Waals surface area contributed by atoms with Crippen molar-refractivity contribution in [1.29, 1.82) is 0 Å². The Labute approximate surface area is 43.1 Å². The Kier molecular flexibility index (Phi) is 1.65. The second-order valence-corrected chi connectivity index (χ2v) is 1.77. The highest BCUT2D eigenvalue weighted by Gasteiger charge is 2.21. The van der Waals surface area contributed by atoms with Crippen LogP contribution in [0.15, 0.2) is 0 Å². The van der Waals surface area contributed by atoms with Gasteiger partial charge >= 0.3 is 0 Å². The highest BCUT2D eigenvalue weighted by atomic mass is 16.5. The van der Waals surface area contributed by atoms with Crippen LogP contribution in [-0.4, -0.2) is 19.3 Å². The Hall–Kier alpha value is -0.0800. The minimum Gasteiger partial charge on any atom is -0.376 e. The van der Waals surface area contributed by atoms with E-state index in [-0.39, 0.29) is 6.61 Å². The van der Waals surface area contributed by atoms with Gasteiger partial charge in [0.05, 0.1) is 12.7 Å². The molecular weight excluding hydrogens is 92.1 g/mol. The summed E-state index contributed by atoms with van der Waals surface area (Å²) in [6.07, 6.45) is 2.79. The van der Waals surface area contributed by atoms with Crippen molar-refractivity contribution >= 4 is 0 Å². The lowest BCUT2D eigenvalue weighted by atomic mass is 10.7. The van der Waals surface area contributed by atoms with Gasteiger partial charge in [0.15, 0.2) is 0 Å². The third kappa shape index (κ3) is 1.90. The second-order valence-electron chi connectivity index (χ2n) is 1.77. The fraction of sp³-hybridized carbons (Fsp3) is 1.00. The van der Waals surface area contributed by atoms with E-state index in [2.05, 4.69) is 0 Å². The molecular formula is C5H9O2. The number of hydrogen-bond acceptors (Lipinski definition) is 1. The molecule has 0 heterocycles. The molecule has 1 rings (SSSR count). The molecule has 0 aliphatic heterocycles. The third-order valence-corrected chi connectivity index (χ3v) is 0.961. The van der Waals surface area contributed by atoms with Crippen molar-refractivity contribution in [3.05, 3.63) is 0 Å². The summed E-state index contributed by atoms with van der Waals surface area (Å²) in [7, 11) is 0. The molecule has 1 radical (unpaired) electrons. The van der Waals surface area contributed by atoms with Gasteiger partial charge in [-0.1, -0.05) is 0 Å². The number of hydrogen-bond donors (Lipinski definition) is 0. The highest BCUT2D eigenvalue weighted by molar-refractivity contribution is 4.72. The van der Waals surface area contributed by atoms with Crippen molar-refractivity contribution in [3.8, 4) is 0 Å². The monoisotopic (exact) mass is 101 g/mol. The molecule has 2 nitrogen and oxygen atoms in total. The Morgan fingerprint density at radius 2 is 2.29 bits per heavy atom. The van der Waals surface area contributed by atoms with E-state index in [0.717, 1.165) is 0 Å². The zero-order chi connectivity index (χ0) is 5.11. The van der Waals surface area contributed by atoms with Crippen molar-refractivity contribution in [2.45, 2.75) is 18.9 Å². The predicted octanol–water partition coefficient (Wildman–Crippen LogP) is 0.596. The molecule has 0 aromatic carbocycles. The maximum atomic E-state index is 9.74. The topological polar surface area (TPSA) is 29.1 Å². The first-order chi connectivity index (χ1) is 3.43. The van der Waals surface area contributed by atoms with E-state index in [1.807, 2.05) is 0 Å². The van der Waals surface area contributed by atoms with Crippen molar-refractivity contribution in [3.63, 3.8) is 0 Å². The molecule has 0 spiro atoms. The summed E-state index contributed by atoms with van der Waals surface area (Å²) in [6.45, 7) is 0.321. The summed E-state index contributed by atoms with van der Waals surface area (Å²) in [5.74, 6) is 0. The highest BCUT2D eigenvalue weighted by Crippen LogP contribution is 2.22. The third-order valence-electron chi connectivity index (χ3n) is 0.961. The van der Waals surface area contributed by atoms with Crippen LogP contribution < -0.4 is 0 Å². The lowest BCUT2D eigenvalue weighted by molar-refractivity contribution is 0.0545. The molecule has 1 fully saturated rings. The van der Waals surface area contributed by atoms with Crippen LogP contribution in [0.25, 0.3) is 0 Å². The van der Waals surface area contributed by atoms with E-state index in [0.29, 0.717) is 12.7 Å². The molecule has 0 amide bonds. The van der Waals surface area contributed by atoms with Crippen LogP contribution in [0.5, 0.6) is 0 Å². The Bertz CT molecular complexity index is 50.0. The molecule has 0 N–H and O–H groups in total. The van der Waals surface area contributed by atoms with E-state index in [9.17, 15) is 5.11 Å². The molecule has 0 saturated heterocycles. The van der Waals surface area contributed by atoms with Gasteiger partial charge < -0.3 is 4.74 Å². The quantitative estimate of drug-likeness (QED) is 0.511. The molecule has 2 heteroatoms. The van der Waals surface area contributed by atoms with Crippen LogP contribution in [-0.2, 0) is 9.84 Å². The number of rotatable bonds is 3. The zero-order valence-electron chi connectivity index (χ0n) is 4.22. The van der Waals surface area contributed by atoms with Gasteiger partial charge in [-0.15, -0.1) is 0 Å². The van der Waals surface area contributed by atoms with Crippen molar-refractivity contribution < 1.29 is 9.84 Å². The molecule has 41 valence electrons. The first-order valence-corrected chi connectivity index (χ1v) is 2.63.